The van der Waals surface area contributed by atoms with E-state index in [9.17, 15) is 19.5 Å². The zero-order chi connectivity index (χ0) is 31.8. The number of rotatable bonds is 6. The molecule has 6 aliphatic rings. The van der Waals surface area contributed by atoms with Gasteiger partial charge in [-0.3, -0.25) is 9.59 Å². The largest absolute Gasteiger partial charge is 0.478 e. The zero-order valence-electron chi connectivity index (χ0n) is 28.0. The number of hydrogen-bond donors (Lipinski definition) is 2. The smallest absolute Gasteiger partial charge is 0.335 e. The Morgan fingerprint density at radius 3 is 2.38 bits per heavy atom. The van der Waals surface area contributed by atoms with E-state index in [0.29, 0.717) is 60.1 Å². The summed E-state index contributed by atoms with van der Waals surface area (Å²) in [5, 5.41) is 12.8. The molecule has 2 amide bonds. The number of carboxylic acid groups (broad SMARTS) is 1. The zero-order valence-corrected chi connectivity index (χ0v) is 28.0. The lowest BCUT2D eigenvalue weighted by Crippen LogP contribution is -2.62. The van der Waals surface area contributed by atoms with Crippen molar-refractivity contribution < 1.29 is 19.5 Å². The van der Waals surface area contributed by atoms with Crippen molar-refractivity contribution in [2.24, 2.45) is 51.2 Å². The monoisotopic (exact) mass is 614 g/mol. The number of amides is 2. The van der Waals surface area contributed by atoms with Crippen molar-refractivity contribution in [3.05, 3.63) is 41.5 Å². The van der Waals surface area contributed by atoms with Gasteiger partial charge in [0, 0.05) is 26.1 Å². The first-order valence-corrected chi connectivity index (χ1v) is 18.0. The van der Waals surface area contributed by atoms with Gasteiger partial charge in [-0.15, -0.1) is 0 Å². The average Bonchev–Trinajstić information content (AvgIpc) is 3.63. The van der Waals surface area contributed by atoms with Crippen LogP contribution in [0.2, 0.25) is 0 Å². The highest BCUT2D eigenvalue weighted by molar-refractivity contribution is 5.88. The maximum Gasteiger partial charge on any atom is 0.335 e. The molecule has 1 aromatic rings. The van der Waals surface area contributed by atoms with E-state index in [1.807, 2.05) is 17.0 Å². The van der Waals surface area contributed by atoms with Gasteiger partial charge in [0.2, 0.25) is 11.8 Å². The molecule has 5 aliphatic carbocycles. The summed E-state index contributed by atoms with van der Waals surface area (Å²) in [7, 11) is 0. The number of carbonyl (C=O) groups excluding carboxylic acids is 2. The highest BCUT2D eigenvalue weighted by Gasteiger charge is 2.66. The Hall–Kier alpha value is -2.63. The Kier molecular flexibility index (Phi) is 7.56. The lowest BCUT2D eigenvalue weighted by Gasteiger charge is -2.68. The second-order valence-electron chi connectivity index (χ2n) is 16.9. The highest BCUT2D eigenvalue weighted by Crippen LogP contribution is 2.73. The number of carboxylic acids is 1. The third kappa shape index (κ3) is 4.65. The average molecular weight is 615 g/mol. The highest BCUT2D eigenvalue weighted by atomic mass is 16.4. The number of aromatic carboxylic acids is 1. The van der Waals surface area contributed by atoms with Crippen molar-refractivity contribution in [1.29, 1.82) is 0 Å². The fourth-order valence-corrected chi connectivity index (χ4v) is 12.9. The third-order valence-electron chi connectivity index (χ3n) is 14.8. The molecule has 1 aromatic carbocycles. The molecular weight excluding hydrogens is 560 g/mol. The molecule has 0 radical (unpaired) electrons. The van der Waals surface area contributed by atoms with Crippen molar-refractivity contribution in [2.45, 2.75) is 105 Å². The van der Waals surface area contributed by atoms with Gasteiger partial charge in [0.15, 0.2) is 0 Å². The first kappa shape index (κ1) is 31.0. The van der Waals surface area contributed by atoms with Crippen LogP contribution in [0.1, 0.15) is 121 Å². The molecule has 8 atom stereocenters. The Morgan fingerprint density at radius 1 is 0.889 bits per heavy atom. The Balaban J connectivity index is 1.10. The van der Waals surface area contributed by atoms with E-state index in [0.717, 1.165) is 32.2 Å². The second kappa shape index (κ2) is 11.0. The SMILES string of the molecule is CC1(C)C(c2ccc(C(=O)O)cc2)=CC[C@@]2(C)C1CC[C@@]1(C)C3CC[C@@]4(C(=O)NCCN5CCCC5=O)CCCC4[C@H]3CCC12. The fraction of sp³-hybridized carbons (Fsp3) is 0.718. The van der Waals surface area contributed by atoms with Gasteiger partial charge in [0.25, 0.3) is 0 Å². The summed E-state index contributed by atoms with van der Waals surface area (Å²) >= 11 is 0. The number of benzene rings is 1. The summed E-state index contributed by atoms with van der Waals surface area (Å²) in [5.74, 6) is 2.73. The summed E-state index contributed by atoms with van der Waals surface area (Å²) in [4.78, 5) is 39.4. The predicted octanol–water partition coefficient (Wildman–Crippen LogP) is 7.58. The van der Waals surface area contributed by atoms with E-state index in [4.69, 9.17) is 0 Å². The van der Waals surface area contributed by atoms with Crippen molar-refractivity contribution in [1.82, 2.24) is 10.2 Å². The van der Waals surface area contributed by atoms with Crippen LogP contribution in [0.25, 0.3) is 5.57 Å². The molecule has 244 valence electrons. The van der Waals surface area contributed by atoms with Crippen molar-refractivity contribution in [2.75, 3.05) is 19.6 Å². The van der Waals surface area contributed by atoms with Gasteiger partial charge < -0.3 is 15.3 Å². The molecule has 0 aromatic heterocycles. The van der Waals surface area contributed by atoms with E-state index >= 15 is 0 Å². The Bertz CT molecular complexity index is 1400. The molecule has 1 aliphatic heterocycles. The lowest BCUT2D eigenvalue weighted by atomic mass is 9.36. The van der Waals surface area contributed by atoms with Crippen LogP contribution < -0.4 is 5.32 Å². The first-order chi connectivity index (χ1) is 21.4. The normalized spacial score (nSPS) is 40.1. The van der Waals surface area contributed by atoms with Gasteiger partial charge in [-0.05, 0) is 133 Å². The van der Waals surface area contributed by atoms with E-state index in [1.54, 1.807) is 12.1 Å². The number of likely N-dealkylation sites (tertiary alicyclic amines) is 1. The van der Waals surface area contributed by atoms with Gasteiger partial charge in [0.1, 0.15) is 0 Å². The van der Waals surface area contributed by atoms with Crippen LogP contribution in [0.3, 0.4) is 0 Å². The van der Waals surface area contributed by atoms with Crippen LogP contribution in [-0.4, -0.2) is 47.4 Å². The van der Waals surface area contributed by atoms with Crippen LogP contribution in [0.4, 0.5) is 0 Å². The molecule has 4 unspecified atom stereocenters. The number of allylic oxidation sites excluding steroid dienone is 2. The minimum absolute atomic E-state index is 0.0147. The number of hydrogen-bond acceptors (Lipinski definition) is 3. The Labute approximate surface area is 269 Å². The van der Waals surface area contributed by atoms with Gasteiger partial charge in [-0.25, -0.2) is 4.79 Å². The van der Waals surface area contributed by atoms with Crippen molar-refractivity contribution in [3.8, 4) is 0 Å². The summed E-state index contributed by atoms with van der Waals surface area (Å²) < 4.78 is 0. The maximum absolute atomic E-state index is 14.0. The van der Waals surface area contributed by atoms with Crippen LogP contribution in [0.5, 0.6) is 0 Å². The molecule has 2 N–H and O–H groups in total. The number of fused-ring (bicyclic) bond motifs is 7. The third-order valence-corrected chi connectivity index (χ3v) is 14.8. The molecule has 6 heteroatoms. The topological polar surface area (TPSA) is 86.7 Å². The van der Waals surface area contributed by atoms with E-state index in [-0.39, 0.29) is 28.1 Å². The maximum atomic E-state index is 14.0. The fourth-order valence-electron chi connectivity index (χ4n) is 12.9. The molecule has 5 fully saturated rings. The number of nitrogens with zero attached hydrogens (tertiary/aromatic N) is 1. The van der Waals surface area contributed by atoms with Gasteiger partial charge in [0.05, 0.1) is 11.0 Å². The molecule has 6 nitrogen and oxygen atoms in total. The molecular formula is C39H54N2O4. The van der Waals surface area contributed by atoms with Crippen molar-refractivity contribution in [3.63, 3.8) is 0 Å². The molecule has 0 spiro atoms. The van der Waals surface area contributed by atoms with Crippen LogP contribution >= 0.6 is 0 Å². The predicted molar refractivity (Wildman–Crippen MR) is 176 cm³/mol. The molecule has 1 heterocycles. The standard InChI is InChI=1S/C39H54N2O4/c1-36(2)28(25-9-11-26(12-10-25)34(43)44)15-19-38(4)31(36)17-20-37(3)29-16-21-39(18-5-7-30(39)27(29)13-14-32(37)38)35(45)40-22-24-41-23-6-8-33(41)42/h9-12,15,27,29-32H,5-8,13-14,16-24H2,1-4H3,(H,40,45)(H,43,44)/t27-,29?,30?,31?,32?,37-,38-,39-/m0/s1. The van der Waals surface area contributed by atoms with E-state index < -0.39 is 5.97 Å². The summed E-state index contributed by atoms with van der Waals surface area (Å²) in [6.07, 6.45) is 15.8. The summed E-state index contributed by atoms with van der Waals surface area (Å²) in [6, 6.07) is 7.52. The minimum atomic E-state index is -0.874. The van der Waals surface area contributed by atoms with Crippen LogP contribution in [0, 0.1) is 51.2 Å². The van der Waals surface area contributed by atoms with E-state index in [1.165, 1.54) is 56.1 Å². The van der Waals surface area contributed by atoms with Crippen LogP contribution in [0.15, 0.2) is 30.3 Å². The minimum Gasteiger partial charge on any atom is -0.478 e. The van der Waals surface area contributed by atoms with Gasteiger partial charge >= 0.3 is 5.97 Å². The molecule has 1 saturated heterocycles. The number of carbonyl (C=O) groups is 3. The van der Waals surface area contributed by atoms with E-state index in [2.05, 4.69) is 39.1 Å². The second-order valence-corrected chi connectivity index (χ2v) is 16.9. The van der Waals surface area contributed by atoms with Crippen molar-refractivity contribution >= 4 is 23.4 Å². The Morgan fingerprint density at radius 2 is 1.67 bits per heavy atom. The molecule has 0 bridgehead atoms. The lowest BCUT2D eigenvalue weighted by molar-refractivity contribution is -0.181. The molecule has 4 saturated carbocycles. The van der Waals surface area contributed by atoms with Crippen LogP contribution in [-0.2, 0) is 9.59 Å². The molecule has 45 heavy (non-hydrogen) atoms. The van der Waals surface area contributed by atoms with Gasteiger partial charge in [-0.1, -0.05) is 52.3 Å². The summed E-state index contributed by atoms with van der Waals surface area (Å²) in [6.45, 7) is 12.2. The summed E-state index contributed by atoms with van der Waals surface area (Å²) in [5.41, 5.74) is 3.24. The quantitative estimate of drug-likeness (QED) is 0.346. The number of nitrogens with one attached hydrogen (secondary N) is 1. The molecule has 7 rings (SSSR count). The first-order valence-electron chi connectivity index (χ1n) is 18.0. The van der Waals surface area contributed by atoms with Gasteiger partial charge in [-0.2, -0.15) is 0 Å².